The van der Waals surface area contributed by atoms with Crippen molar-refractivity contribution in [2.24, 2.45) is 0 Å². The zero-order valence-electron chi connectivity index (χ0n) is 11.1. The molecule has 0 saturated carbocycles. The van der Waals surface area contributed by atoms with Crippen molar-refractivity contribution in [3.8, 4) is 0 Å². The molecule has 1 aromatic carbocycles. The molecule has 0 fully saturated rings. The van der Waals surface area contributed by atoms with E-state index < -0.39 is 0 Å². The lowest BCUT2D eigenvalue weighted by atomic mass is 10.2. The molecule has 3 nitrogen and oxygen atoms in total. The number of hydrogen-bond acceptors (Lipinski definition) is 2. The van der Waals surface area contributed by atoms with Crippen LogP contribution >= 0.6 is 15.9 Å². The van der Waals surface area contributed by atoms with Gasteiger partial charge in [-0.1, -0.05) is 41.1 Å². The fraction of sp³-hybridized carbons (Fsp3) is 0.500. The summed E-state index contributed by atoms with van der Waals surface area (Å²) in [4.78, 5) is 2.41. The number of nitrogens with zero attached hydrogens (tertiary/aromatic N) is 3. The second kappa shape index (κ2) is 6.34. The van der Waals surface area contributed by atoms with Gasteiger partial charge in [0.25, 0.3) is 0 Å². The van der Waals surface area contributed by atoms with Crippen molar-refractivity contribution in [1.29, 1.82) is 0 Å². The van der Waals surface area contributed by atoms with Gasteiger partial charge in [0, 0.05) is 30.4 Å². The van der Waals surface area contributed by atoms with Gasteiger partial charge in [-0.25, -0.2) is 0 Å². The summed E-state index contributed by atoms with van der Waals surface area (Å²) in [6.07, 6.45) is 0. The quantitative estimate of drug-likeness (QED) is 0.764. The van der Waals surface area contributed by atoms with Crippen molar-refractivity contribution in [3.63, 3.8) is 0 Å². The predicted octanol–water partition coefficient (Wildman–Crippen LogP) is 3.27. The topological polar surface area (TPSA) is 21.1 Å². The van der Waals surface area contributed by atoms with E-state index in [2.05, 4.69) is 63.6 Å². The monoisotopic (exact) mass is 309 g/mol. The molecule has 0 spiro atoms. The Kier molecular flexibility index (Phi) is 4.78. The van der Waals surface area contributed by atoms with Crippen LogP contribution in [-0.4, -0.2) is 33.1 Å². The maximum Gasteiger partial charge on any atom is 0.0843 e. The summed E-state index contributed by atoms with van der Waals surface area (Å²) in [7, 11) is 0. The van der Waals surface area contributed by atoms with Gasteiger partial charge in [-0.05, 0) is 19.5 Å². The zero-order chi connectivity index (χ0) is 13.0. The minimum Gasteiger partial charge on any atom is -0.297 e. The van der Waals surface area contributed by atoms with Crippen LogP contribution in [0, 0.1) is 0 Å². The highest BCUT2D eigenvalue weighted by atomic mass is 79.9. The number of benzene rings is 1. The zero-order valence-corrected chi connectivity index (χ0v) is 12.7. The molecule has 0 N–H and O–H groups in total. The molecule has 2 aromatic rings. The largest absolute Gasteiger partial charge is 0.297 e. The van der Waals surface area contributed by atoms with Crippen molar-refractivity contribution in [1.82, 2.24) is 14.7 Å². The third-order valence-electron chi connectivity index (χ3n) is 3.26. The van der Waals surface area contributed by atoms with Crippen LogP contribution in [0.1, 0.15) is 19.5 Å². The first-order chi connectivity index (χ1) is 8.80. The van der Waals surface area contributed by atoms with Crippen molar-refractivity contribution >= 4 is 26.8 Å². The Labute approximate surface area is 117 Å². The lowest BCUT2D eigenvalue weighted by molar-refractivity contribution is 0.295. The normalized spacial score (nSPS) is 11.6. The van der Waals surface area contributed by atoms with Crippen molar-refractivity contribution in [2.45, 2.75) is 26.9 Å². The van der Waals surface area contributed by atoms with Crippen LogP contribution in [0.3, 0.4) is 0 Å². The van der Waals surface area contributed by atoms with E-state index in [0.29, 0.717) is 0 Å². The first-order valence-corrected chi connectivity index (χ1v) is 7.65. The third kappa shape index (κ3) is 2.75. The molecule has 0 aliphatic carbocycles. The van der Waals surface area contributed by atoms with Gasteiger partial charge in [0.2, 0.25) is 0 Å². The first-order valence-electron chi connectivity index (χ1n) is 6.52. The highest BCUT2D eigenvalue weighted by Gasteiger charge is 2.11. The molecule has 0 saturated heterocycles. The van der Waals surface area contributed by atoms with Gasteiger partial charge in [-0.3, -0.25) is 9.58 Å². The Bertz CT molecular complexity index is 507. The Balaban J connectivity index is 2.32. The van der Waals surface area contributed by atoms with Crippen molar-refractivity contribution in [3.05, 3.63) is 30.0 Å². The summed E-state index contributed by atoms with van der Waals surface area (Å²) in [6, 6.07) is 8.49. The van der Waals surface area contributed by atoms with E-state index in [9.17, 15) is 0 Å². The van der Waals surface area contributed by atoms with Gasteiger partial charge in [-0.15, -0.1) is 0 Å². The van der Waals surface area contributed by atoms with Crippen molar-refractivity contribution < 1.29 is 0 Å². The van der Waals surface area contributed by atoms with E-state index in [1.165, 1.54) is 16.6 Å². The van der Waals surface area contributed by atoms with Crippen LogP contribution in [0.4, 0.5) is 0 Å². The van der Waals surface area contributed by atoms with Crippen LogP contribution < -0.4 is 0 Å². The number of aromatic nitrogens is 2. The lowest BCUT2D eigenvalue weighted by Gasteiger charge is -2.17. The summed E-state index contributed by atoms with van der Waals surface area (Å²) in [5, 5.41) is 7.03. The van der Waals surface area contributed by atoms with E-state index >= 15 is 0 Å². The van der Waals surface area contributed by atoms with Crippen LogP contribution in [-0.2, 0) is 13.1 Å². The van der Waals surface area contributed by atoms with Gasteiger partial charge in [0.15, 0.2) is 0 Å². The molecule has 1 aromatic heterocycles. The maximum atomic E-state index is 4.74. The second-order valence-electron chi connectivity index (χ2n) is 4.34. The molecule has 18 heavy (non-hydrogen) atoms. The van der Waals surface area contributed by atoms with Gasteiger partial charge in [-0.2, -0.15) is 5.10 Å². The average molecular weight is 310 g/mol. The molecular weight excluding hydrogens is 290 g/mol. The Morgan fingerprint density at radius 1 is 1.28 bits per heavy atom. The molecule has 1 heterocycles. The molecule has 2 rings (SSSR count). The summed E-state index contributed by atoms with van der Waals surface area (Å²) in [5.41, 5.74) is 2.43. The number of halogens is 1. The average Bonchev–Trinajstić information content (AvgIpc) is 2.76. The summed E-state index contributed by atoms with van der Waals surface area (Å²) >= 11 is 3.51. The van der Waals surface area contributed by atoms with Gasteiger partial charge in [0.05, 0.1) is 11.2 Å². The third-order valence-corrected chi connectivity index (χ3v) is 3.61. The Hall–Kier alpha value is -0.870. The standard InChI is InChI=1S/C14H20BrN3/c1-3-17(10-9-15)11-13-12-7-5-6-8-14(12)18(4-2)16-13/h5-8H,3-4,9-11H2,1-2H3. The Morgan fingerprint density at radius 3 is 2.72 bits per heavy atom. The minimum atomic E-state index is 0.922. The number of hydrogen-bond donors (Lipinski definition) is 0. The maximum absolute atomic E-state index is 4.74. The predicted molar refractivity (Wildman–Crippen MR) is 80.2 cm³/mol. The fourth-order valence-electron chi connectivity index (χ4n) is 2.23. The van der Waals surface area contributed by atoms with E-state index in [4.69, 9.17) is 5.10 Å². The number of fused-ring (bicyclic) bond motifs is 1. The molecule has 0 radical (unpaired) electrons. The fourth-order valence-corrected chi connectivity index (χ4v) is 2.74. The van der Waals surface area contributed by atoms with Crippen LogP contribution in [0.25, 0.3) is 10.9 Å². The van der Waals surface area contributed by atoms with Crippen molar-refractivity contribution in [2.75, 3.05) is 18.4 Å². The highest BCUT2D eigenvalue weighted by Crippen LogP contribution is 2.19. The summed E-state index contributed by atoms with van der Waals surface area (Å²) in [6.45, 7) is 8.30. The molecule has 98 valence electrons. The van der Waals surface area contributed by atoms with Crippen LogP contribution in [0.15, 0.2) is 24.3 Å². The molecule has 4 heteroatoms. The van der Waals surface area contributed by atoms with Crippen LogP contribution in [0.5, 0.6) is 0 Å². The van der Waals surface area contributed by atoms with Gasteiger partial charge in [0.1, 0.15) is 0 Å². The molecule has 0 aliphatic heterocycles. The molecule has 0 atom stereocenters. The molecular formula is C14H20BrN3. The Morgan fingerprint density at radius 2 is 2.06 bits per heavy atom. The minimum absolute atomic E-state index is 0.922. The van der Waals surface area contributed by atoms with E-state index in [0.717, 1.165) is 31.5 Å². The summed E-state index contributed by atoms with van der Waals surface area (Å²) < 4.78 is 2.09. The van der Waals surface area contributed by atoms with E-state index in [1.54, 1.807) is 0 Å². The van der Waals surface area contributed by atoms with E-state index in [1.807, 2.05) is 0 Å². The lowest BCUT2D eigenvalue weighted by Crippen LogP contribution is -2.25. The molecule has 0 amide bonds. The molecule has 0 bridgehead atoms. The number of rotatable bonds is 6. The number of alkyl halides is 1. The summed E-state index contributed by atoms with van der Waals surface area (Å²) in [5.74, 6) is 0. The smallest absolute Gasteiger partial charge is 0.0843 e. The van der Waals surface area contributed by atoms with Crippen LogP contribution in [0.2, 0.25) is 0 Å². The van der Waals surface area contributed by atoms with Gasteiger partial charge >= 0.3 is 0 Å². The first kappa shape index (κ1) is 13.6. The molecule has 0 unspecified atom stereocenters. The van der Waals surface area contributed by atoms with Gasteiger partial charge < -0.3 is 0 Å². The highest BCUT2D eigenvalue weighted by molar-refractivity contribution is 9.09. The number of para-hydroxylation sites is 1. The second-order valence-corrected chi connectivity index (χ2v) is 5.13. The van der Waals surface area contributed by atoms with E-state index in [-0.39, 0.29) is 0 Å². The molecule has 0 aliphatic rings. The SMILES string of the molecule is CCN(CCBr)Cc1nn(CC)c2ccccc12. The number of aryl methyl sites for hydroxylation is 1.